The third-order valence-electron chi connectivity index (χ3n) is 3.37. The lowest BCUT2D eigenvalue weighted by Gasteiger charge is -2.38. The van der Waals surface area contributed by atoms with Crippen molar-refractivity contribution in [1.29, 1.82) is 0 Å². The Balaban J connectivity index is 2.08. The van der Waals surface area contributed by atoms with Gasteiger partial charge in [-0.1, -0.05) is 6.42 Å². The van der Waals surface area contributed by atoms with Crippen molar-refractivity contribution in [3.8, 4) is 0 Å². The van der Waals surface area contributed by atoms with Gasteiger partial charge in [-0.25, -0.2) is 0 Å². The quantitative estimate of drug-likeness (QED) is 0.560. The fourth-order valence-corrected chi connectivity index (χ4v) is 2.68. The molecule has 0 spiro atoms. The lowest BCUT2D eigenvalue weighted by molar-refractivity contribution is 0.00996. The number of nitrogens with zero attached hydrogens (tertiary/aromatic N) is 1. The average Bonchev–Trinajstić information content (AvgIpc) is 2.45. The summed E-state index contributed by atoms with van der Waals surface area (Å²) in [6, 6.07) is 0.693. The van der Waals surface area contributed by atoms with Crippen LogP contribution in [-0.2, 0) is 0 Å². The molecule has 1 unspecified atom stereocenters. The molecule has 1 N–H and O–H groups in total. The first-order valence-corrected chi connectivity index (χ1v) is 4.67. The Morgan fingerprint density at radius 1 is 1.27 bits per heavy atom. The summed E-state index contributed by atoms with van der Waals surface area (Å²) in [5.74, 6) is 0.591. The first kappa shape index (κ1) is 7.56. The molecule has 1 aliphatic heterocycles. The van der Waals surface area contributed by atoms with Gasteiger partial charge in [-0.2, -0.15) is 0 Å². The van der Waals surface area contributed by atoms with E-state index in [9.17, 15) is 5.11 Å². The predicted octanol–water partition coefficient (Wildman–Crippen LogP) is 0.851. The molecule has 2 nitrogen and oxygen atoms in total. The maximum absolute atomic E-state index is 9.67. The van der Waals surface area contributed by atoms with Gasteiger partial charge in [0.05, 0.1) is 6.10 Å². The molecule has 1 saturated heterocycles. The van der Waals surface area contributed by atoms with Crippen molar-refractivity contribution in [2.75, 3.05) is 13.6 Å². The van der Waals surface area contributed by atoms with E-state index in [1.165, 1.54) is 19.3 Å². The molecule has 2 aliphatic rings. The lowest BCUT2D eigenvalue weighted by atomic mass is 9.90. The van der Waals surface area contributed by atoms with Gasteiger partial charge in [0, 0.05) is 18.5 Å². The molecular weight excluding hydrogens is 138 g/mol. The highest BCUT2D eigenvalue weighted by atomic mass is 16.3. The normalized spacial score (nSPS) is 45.8. The molecule has 2 rings (SSSR count). The average molecular weight is 155 g/mol. The molecule has 2 fully saturated rings. The van der Waals surface area contributed by atoms with Crippen LogP contribution in [0, 0.1) is 5.92 Å². The van der Waals surface area contributed by atoms with E-state index in [-0.39, 0.29) is 6.10 Å². The summed E-state index contributed by atoms with van der Waals surface area (Å²) in [4.78, 5) is 2.42. The SMILES string of the molecule is CN1CCC(O)[C@H]2CCC[C@H]21. The third-order valence-corrected chi connectivity index (χ3v) is 3.37. The van der Waals surface area contributed by atoms with Gasteiger partial charge in [0.2, 0.25) is 0 Å². The van der Waals surface area contributed by atoms with E-state index < -0.39 is 0 Å². The van der Waals surface area contributed by atoms with Crippen molar-refractivity contribution in [2.24, 2.45) is 5.92 Å². The fourth-order valence-electron chi connectivity index (χ4n) is 2.68. The van der Waals surface area contributed by atoms with E-state index in [1.807, 2.05) is 0 Å². The highest BCUT2D eigenvalue weighted by Gasteiger charge is 2.38. The Morgan fingerprint density at radius 3 is 2.82 bits per heavy atom. The zero-order chi connectivity index (χ0) is 7.84. The first-order chi connectivity index (χ1) is 5.29. The van der Waals surface area contributed by atoms with E-state index in [1.54, 1.807) is 0 Å². The molecule has 2 heteroatoms. The number of likely N-dealkylation sites (tertiary alicyclic amines) is 1. The summed E-state index contributed by atoms with van der Waals surface area (Å²) in [7, 11) is 2.19. The molecule has 0 radical (unpaired) electrons. The Morgan fingerprint density at radius 2 is 2.09 bits per heavy atom. The summed E-state index contributed by atoms with van der Waals surface area (Å²) in [6.45, 7) is 1.09. The number of aliphatic hydroxyl groups is 1. The molecule has 0 aromatic carbocycles. The van der Waals surface area contributed by atoms with Crippen molar-refractivity contribution < 1.29 is 5.11 Å². The van der Waals surface area contributed by atoms with E-state index >= 15 is 0 Å². The molecule has 1 saturated carbocycles. The second-order valence-electron chi connectivity index (χ2n) is 4.00. The van der Waals surface area contributed by atoms with Crippen LogP contribution in [0.2, 0.25) is 0 Å². The fraction of sp³-hybridized carbons (Fsp3) is 1.00. The Labute approximate surface area is 68.2 Å². The Kier molecular flexibility index (Phi) is 1.90. The Hall–Kier alpha value is -0.0800. The number of rotatable bonds is 0. The van der Waals surface area contributed by atoms with Crippen LogP contribution < -0.4 is 0 Å². The van der Waals surface area contributed by atoms with Crippen molar-refractivity contribution in [3.05, 3.63) is 0 Å². The third kappa shape index (κ3) is 1.18. The van der Waals surface area contributed by atoms with Crippen molar-refractivity contribution in [1.82, 2.24) is 4.90 Å². The number of fused-ring (bicyclic) bond motifs is 1. The van der Waals surface area contributed by atoms with Gasteiger partial charge < -0.3 is 10.0 Å². The van der Waals surface area contributed by atoms with Crippen LogP contribution in [0.4, 0.5) is 0 Å². The lowest BCUT2D eigenvalue weighted by Crippen LogP contribution is -2.46. The smallest absolute Gasteiger partial charge is 0.0595 e. The zero-order valence-corrected chi connectivity index (χ0v) is 7.16. The van der Waals surface area contributed by atoms with Crippen molar-refractivity contribution >= 4 is 0 Å². The minimum Gasteiger partial charge on any atom is -0.393 e. The highest BCUT2D eigenvalue weighted by molar-refractivity contribution is 4.92. The number of piperidine rings is 1. The van der Waals surface area contributed by atoms with Gasteiger partial charge in [-0.3, -0.25) is 0 Å². The van der Waals surface area contributed by atoms with Crippen LogP contribution in [0.25, 0.3) is 0 Å². The van der Waals surface area contributed by atoms with E-state index in [2.05, 4.69) is 11.9 Å². The first-order valence-electron chi connectivity index (χ1n) is 4.67. The Bertz CT molecular complexity index is 132. The molecule has 1 aliphatic carbocycles. The monoisotopic (exact) mass is 155 g/mol. The van der Waals surface area contributed by atoms with Gasteiger partial charge in [0.1, 0.15) is 0 Å². The molecule has 0 bridgehead atoms. The van der Waals surface area contributed by atoms with Gasteiger partial charge >= 0.3 is 0 Å². The van der Waals surface area contributed by atoms with Crippen LogP contribution in [0.15, 0.2) is 0 Å². The number of hydrogen-bond acceptors (Lipinski definition) is 2. The number of aliphatic hydroxyl groups excluding tert-OH is 1. The van der Waals surface area contributed by atoms with E-state index in [4.69, 9.17) is 0 Å². The molecule has 0 aromatic rings. The van der Waals surface area contributed by atoms with Crippen molar-refractivity contribution in [2.45, 2.75) is 37.8 Å². The summed E-state index contributed by atoms with van der Waals surface area (Å²) >= 11 is 0. The molecule has 3 atom stereocenters. The van der Waals surface area contributed by atoms with Gasteiger partial charge in [-0.15, -0.1) is 0 Å². The molecule has 11 heavy (non-hydrogen) atoms. The topological polar surface area (TPSA) is 23.5 Å². The minimum atomic E-state index is -0.00120. The van der Waals surface area contributed by atoms with Crippen molar-refractivity contribution in [3.63, 3.8) is 0 Å². The molecule has 0 aromatic heterocycles. The van der Waals surface area contributed by atoms with Crippen LogP contribution >= 0.6 is 0 Å². The van der Waals surface area contributed by atoms with Crippen LogP contribution in [0.1, 0.15) is 25.7 Å². The molecule has 64 valence electrons. The largest absolute Gasteiger partial charge is 0.393 e. The molecule has 0 amide bonds. The van der Waals surface area contributed by atoms with E-state index in [0.717, 1.165) is 13.0 Å². The second-order valence-corrected chi connectivity index (χ2v) is 4.00. The number of hydrogen-bond donors (Lipinski definition) is 1. The minimum absolute atomic E-state index is 0.00120. The van der Waals surface area contributed by atoms with Crippen LogP contribution in [0.3, 0.4) is 0 Å². The maximum Gasteiger partial charge on any atom is 0.0595 e. The van der Waals surface area contributed by atoms with Gasteiger partial charge in [0.25, 0.3) is 0 Å². The summed E-state index contributed by atoms with van der Waals surface area (Å²) < 4.78 is 0. The van der Waals surface area contributed by atoms with Crippen LogP contribution in [-0.4, -0.2) is 35.7 Å². The standard InChI is InChI=1S/C9H17NO/c1-10-6-5-9(11)7-3-2-4-8(7)10/h7-9,11H,2-6H2,1H3/t7-,8+,9?/m0/s1. The highest BCUT2D eigenvalue weighted by Crippen LogP contribution is 2.35. The molecular formula is C9H17NO. The van der Waals surface area contributed by atoms with Gasteiger partial charge in [-0.05, 0) is 26.3 Å². The summed E-state index contributed by atoms with van der Waals surface area (Å²) in [6.07, 6.45) is 4.85. The second kappa shape index (κ2) is 2.76. The summed E-state index contributed by atoms with van der Waals surface area (Å²) in [5.41, 5.74) is 0. The maximum atomic E-state index is 9.67. The van der Waals surface area contributed by atoms with E-state index in [0.29, 0.717) is 12.0 Å². The predicted molar refractivity (Wildman–Crippen MR) is 44.4 cm³/mol. The van der Waals surface area contributed by atoms with Gasteiger partial charge in [0.15, 0.2) is 0 Å². The van der Waals surface area contributed by atoms with Crippen LogP contribution in [0.5, 0.6) is 0 Å². The molecule has 1 heterocycles. The zero-order valence-electron chi connectivity index (χ0n) is 7.16. The summed E-state index contributed by atoms with van der Waals surface area (Å²) in [5, 5.41) is 9.67.